The first-order chi connectivity index (χ1) is 8.43. The number of benzene rings is 1. The molecule has 0 bridgehead atoms. The van der Waals surface area contributed by atoms with Crippen LogP contribution in [0.15, 0.2) is 42.5 Å². The summed E-state index contributed by atoms with van der Waals surface area (Å²) in [5.74, 6) is -0.349. The molecular formula is C15H21NO2. The third-order valence-corrected chi connectivity index (χ3v) is 2.96. The van der Waals surface area contributed by atoms with Crippen LogP contribution >= 0.6 is 0 Å². The van der Waals surface area contributed by atoms with Crippen molar-refractivity contribution in [2.24, 2.45) is 0 Å². The lowest BCUT2D eigenvalue weighted by Gasteiger charge is -2.29. The predicted molar refractivity (Wildman–Crippen MR) is 73.2 cm³/mol. The van der Waals surface area contributed by atoms with Crippen LogP contribution in [0, 0.1) is 0 Å². The highest BCUT2D eigenvalue weighted by molar-refractivity contribution is 5.87. The van der Waals surface area contributed by atoms with E-state index in [0.29, 0.717) is 5.57 Å². The summed E-state index contributed by atoms with van der Waals surface area (Å²) in [7, 11) is 3.93. The van der Waals surface area contributed by atoms with Gasteiger partial charge in [-0.15, -0.1) is 0 Å². The SMILES string of the molecule is C=C(C)C(=O)OC(c1ccccc1)C(C)N(C)C. The van der Waals surface area contributed by atoms with E-state index in [1.807, 2.05) is 56.3 Å². The number of carbonyl (C=O) groups excluding carboxylic acids is 1. The highest BCUT2D eigenvalue weighted by Gasteiger charge is 2.25. The average Bonchev–Trinajstić information content (AvgIpc) is 2.35. The molecule has 3 nitrogen and oxygen atoms in total. The van der Waals surface area contributed by atoms with E-state index in [1.54, 1.807) is 6.92 Å². The Balaban J connectivity index is 2.96. The Hall–Kier alpha value is -1.61. The number of rotatable bonds is 5. The van der Waals surface area contributed by atoms with E-state index in [-0.39, 0.29) is 18.1 Å². The molecule has 3 heteroatoms. The molecule has 0 aliphatic carbocycles. The van der Waals surface area contributed by atoms with E-state index in [0.717, 1.165) is 5.56 Å². The summed E-state index contributed by atoms with van der Waals surface area (Å²) in [5.41, 5.74) is 1.41. The molecule has 0 aliphatic heterocycles. The summed E-state index contributed by atoms with van der Waals surface area (Å²) in [6.07, 6.45) is -0.287. The topological polar surface area (TPSA) is 29.5 Å². The number of carbonyl (C=O) groups is 1. The average molecular weight is 247 g/mol. The number of likely N-dealkylation sites (N-methyl/N-ethyl adjacent to an activating group) is 1. The molecule has 2 atom stereocenters. The molecule has 0 aromatic heterocycles. The van der Waals surface area contributed by atoms with Gasteiger partial charge in [-0.25, -0.2) is 4.79 Å². The van der Waals surface area contributed by atoms with Crippen molar-refractivity contribution < 1.29 is 9.53 Å². The maximum Gasteiger partial charge on any atom is 0.333 e. The Morgan fingerprint density at radius 3 is 2.28 bits per heavy atom. The van der Waals surface area contributed by atoms with Gasteiger partial charge in [0.2, 0.25) is 0 Å². The lowest BCUT2D eigenvalue weighted by atomic mass is 10.0. The van der Waals surface area contributed by atoms with Crippen LogP contribution in [0.2, 0.25) is 0 Å². The molecule has 98 valence electrons. The molecule has 1 rings (SSSR count). The fourth-order valence-electron chi connectivity index (χ4n) is 1.57. The minimum absolute atomic E-state index is 0.0932. The van der Waals surface area contributed by atoms with Crippen LogP contribution < -0.4 is 0 Å². The Kier molecular flexibility index (Phi) is 5.10. The summed E-state index contributed by atoms with van der Waals surface area (Å²) in [4.78, 5) is 13.7. The van der Waals surface area contributed by atoms with E-state index < -0.39 is 0 Å². The third-order valence-electron chi connectivity index (χ3n) is 2.96. The number of nitrogens with zero attached hydrogens (tertiary/aromatic N) is 1. The molecule has 0 radical (unpaired) electrons. The van der Waals surface area contributed by atoms with Gasteiger partial charge in [0, 0.05) is 11.6 Å². The maximum atomic E-state index is 11.7. The van der Waals surface area contributed by atoms with Crippen LogP contribution in [0.3, 0.4) is 0 Å². The molecule has 1 aromatic rings. The number of esters is 1. The fraction of sp³-hybridized carbons (Fsp3) is 0.400. The molecular weight excluding hydrogens is 226 g/mol. The number of hydrogen-bond donors (Lipinski definition) is 0. The van der Waals surface area contributed by atoms with Gasteiger partial charge < -0.3 is 9.64 Å². The quantitative estimate of drug-likeness (QED) is 0.592. The normalized spacial score (nSPS) is 14.1. The summed E-state index contributed by atoms with van der Waals surface area (Å²) in [6, 6.07) is 9.86. The molecule has 0 spiro atoms. The van der Waals surface area contributed by atoms with Crippen LogP contribution in [-0.4, -0.2) is 31.0 Å². The van der Waals surface area contributed by atoms with Crippen LogP contribution in [0.5, 0.6) is 0 Å². The Bertz CT molecular complexity index is 412. The van der Waals surface area contributed by atoms with Crippen molar-refractivity contribution >= 4 is 5.97 Å². The predicted octanol–water partition coefficient (Wildman–Crippen LogP) is 2.80. The first-order valence-electron chi connectivity index (χ1n) is 6.01. The van der Waals surface area contributed by atoms with E-state index in [2.05, 4.69) is 6.58 Å². The molecule has 0 saturated carbocycles. The molecule has 0 fully saturated rings. The lowest BCUT2D eigenvalue weighted by molar-refractivity contribution is -0.147. The minimum atomic E-state index is -0.349. The molecule has 0 aliphatic rings. The van der Waals surface area contributed by atoms with Crippen LogP contribution in [0.1, 0.15) is 25.5 Å². The summed E-state index contributed by atoms with van der Waals surface area (Å²) in [6.45, 7) is 7.31. The van der Waals surface area contributed by atoms with Gasteiger partial charge >= 0.3 is 5.97 Å². The fourth-order valence-corrected chi connectivity index (χ4v) is 1.57. The summed E-state index contributed by atoms with van der Waals surface area (Å²) in [5, 5.41) is 0. The van der Waals surface area contributed by atoms with Crippen molar-refractivity contribution in [3.8, 4) is 0 Å². The second kappa shape index (κ2) is 6.36. The van der Waals surface area contributed by atoms with E-state index in [9.17, 15) is 4.79 Å². The number of ether oxygens (including phenoxy) is 1. The van der Waals surface area contributed by atoms with Gasteiger partial charge in [0.1, 0.15) is 6.10 Å². The Labute approximate surface area is 109 Å². The monoisotopic (exact) mass is 247 g/mol. The molecule has 18 heavy (non-hydrogen) atoms. The van der Waals surface area contributed by atoms with Gasteiger partial charge in [0.05, 0.1) is 0 Å². The first kappa shape index (κ1) is 14.5. The lowest BCUT2D eigenvalue weighted by Crippen LogP contribution is -2.33. The zero-order valence-corrected chi connectivity index (χ0v) is 11.5. The van der Waals surface area contributed by atoms with Crippen molar-refractivity contribution in [2.45, 2.75) is 26.0 Å². The van der Waals surface area contributed by atoms with Crippen LogP contribution in [-0.2, 0) is 9.53 Å². The summed E-state index contributed by atoms with van der Waals surface area (Å²) >= 11 is 0. The van der Waals surface area contributed by atoms with E-state index in [1.165, 1.54) is 0 Å². The van der Waals surface area contributed by atoms with Crippen LogP contribution in [0.4, 0.5) is 0 Å². The maximum absolute atomic E-state index is 11.7. The molecule has 0 saturated heterocycles. The zero-order valence-electron chi connectivity index (χ0n) is 11.5. The second-order valence-corrected chi connectivity index (χ2v) is 4.72. The van der Waals surface area contributed by atoms with Crippen molar-refractivity contribution in [1.82, 2.24) is 4.90 Å². The first-order valence-corrected chi connectivity index (χ1v) is 6.01. The zero-order chi connectivity index (χ0) is 13.7. The number of hydrogen-bond acceptors (Lipinski definition) is 3. The Morgan fingerprint density at radius 1 is 1.28 bits per heavy atom. The Morgan fingerprint density at radius 2 is 1.83 bits per heavy atom. The molecule has 0 N–H and O–H groups in total. The van der Waals surface area contributed by atoms with Gasteiger partial charge in [0.25, 0.3) is 0 Å². The molecule has 0 heterocycles. The van der Waals surface area contributed by atoms with Gasteiger partial charge in [-0.2, -0.15) is 0 Å². The van der Waals surface area contributed by atoms with E-state index >= 15 is 0 Å². The molecule has 2 unspecified atom stereocenters. The standard InChI is InChI=1S/C15H21NO2/c1-11(2)15(17)18-14(12(3)16(4)5)13-9-7-6-8-10-13/h6-10,12,14H,1H2,2-5H3. The van der Waals surface area contributed by atoms with Crippen molar-refractivity contribution in [3.05, 3.63) is 48.0 Å². The molecule has 0 amide bonds. The van der Waals surface area contributed by atoms with E-state index in [4.69, 9.17) is 4.74 Å². The largest absolute Gasteiger partial charge is 0.452 e. The highest BCUT2D eigenvalue weighted by Crippen LogP contribution is 2.24. The van der Waals surface area contributed by atoms with Crippen molar-refractivity contribution in [3.63, 3.8) is 0 Å². The van der Waals surface area contributed by atoms with Gasteiger partial charge in [-0.1, -0.05) is 36.9 Å². The summed E-state index contributed by atoms with van der Waals surface area (Å²) < 4.78 is 5.54. The van der Waals surface area contributed by atoms with Crippen LogP contribution in [0.25, 0.3) is 0 Å². The third kappa shape index (κ3) is 3.70. The molecule has 1 aromatic carbocycles. The van der Waals surface area contributed by atoms with Gasteiger partial charge in [-0.3, -0.25) is 0 Å². The van der Waals surface area contributed by atoms with Crippen molar-refractivity contribution in [1.29, 1.82) is 0 Å². The highest BCUT2D eigenvalue weighted by atomic mass is 16.5. The van der Waals surface area contributed by atoms with Crippen molar-refractivity contribution in [2.75, 3.05) is 14.1 Å². The minimum Gasteiger partial charge on any atom is -0.452 e. The van der Waals surface area contributed by atoms with Gasteiger partial charge in [0.15, 0.2) is 0 Å². The second-order valence-electron chi connectivity index (χ2n) is 4.72. The van der Waals surface area contributed by atoms with Gasteiger partial charge in [-0.05, 0) is 33.5 Å². The smallest absolute Gasteiger partial charge is 0.333 e.